The second kappa shape index (κ2) is 11.7. The smallest absolute Gasteiger partial charge is 0.422 e. The zero-order valence-corrected chi connectivity index (χ0v) is 18.1. The van der Waals surface area contributed by atoms with Gasteiger partial charge in [0.05, 0.1) is 26.2 Å². The third kappa shape index (κ3) is 7.84. The number of piperidine rings is 1. The van der Waals surface area contributed by atoms with E-state index in [1.807, 2.05) is 6.92 Å². The number of halogens is 3. The number of methoxy groups -OCH3 is 1. The number of nitrogens with zero attached hydrogens (tertiary/aromatic N) is 2. The molecule has 0 radical (unpaired) electrons. The van der Waals surface area contributed by atoms with Crippen LogP contribution < -0.4 is 14.8 Å². The van der Waals surface area contributed by atoms with Crippen molar-refractivity contribution >= 4 is 11.9 Å². The first-order chi connectivity index (χ1) is 14.8. The quantitative estimate of drug-likeness (QED) is 0.376. The fourth-order valence-corrected chi connectivity index (χ4v) is 3.27. The molecule has 0 aromatic heterocycles. The average molecular weight is 445 g/mol. The average Bonchev–Trinajstić information content (AvgIpc) is 2.75. The van der Waals surface area contributed by atoms with Crippen molar-refractivity contribution in [1.29, 1.82) is 0 Å². The van der Waals surface area contributed by atoms with E-state index in [0.29, 0.717) is 45.6 Å². The van der Waals surface area contributed by atoms with Crippen molar-refractivity contribution in [2.24, 2.45) is 10.9 Å². The number of likely N-dealkylation sites (tertiary alicyclic amines) is 1. The van der Waals surface area contributed by atoms with Crippen LogP contribution in [0.2, 0.25) is 0 Å². The minimum Gasteiger partial charge on any atom is -0.493 e. The van der Waals surface area contributed by atoms with Crippen molar-refractivity contribution in [2.45, 2.75) is 39.4 Å². The van der Waals surface area contributed by atoms with Gasteiger partial charge in [-0.2, -0.15) is 13.2 Å². The fraction of sp³-hybridized carbons (Fsp3) is 0.619. The fourth-order valence-electron chi connectivity index (χ4n) is 3.27. The van der Waals surface area contributed by atoms with Gasteiger partial charge in [0.25, 0.3) is 0 Å². The maximum Gasteiger partial charge on any atom is 0.422 e. The first-order valence-corrected chi connectivity index (χ1v) is 10.3. The topological polar surface area (TPSA) is 72.4 Å². The Balaban J connectivity index is 2.02. The number of hydrogen-bond acceptors (Lipinski definition) is 5. The highest BCUT2D eigenvalue weighted by molar-refractivity contribution is 5.80. The lowest BCUT2D eigenvalue weighted by molar-refractivity contribution is -0.153. The molecule has 1 aromatic rings. The molecule has 31 heavy (non-hydrogen) atoms. The number of carbonyl (C=O) groups is 1. The number of benzene rings is 1. The molecule has 1 heterocycles. The van der Waals surface area contributed by atoms with Crippen LogP contribution >= 0.6 is 0 Å². The van der Waals surface area contributed by atoms with Crippen LogP contribution in [0, 0.1) is 5.92 Å². The van der Waals surface area contributed by atoms with E-state index in [4.69, 9.17) is 14.2 Å². The summed E-state index contributed by atoms with van der Waals surface area (Å²) in [6.45, 7) is 5.13. The first kappa shape index (κ1) is 24.6. The van der Waals surface area contributed by atoms with E-state index in [0.717, 1.165) is 11.5 Å². The van der Waals surface area contributed by atoms with Crippen LogP contribution in [-0.4, -0.2) is 63.0 Å². The Labute approximate surface area is 180 Å². The van der Waals surface area contributed by atoms with Gasteiger partial charge in [-0.1, -0.05) is 6.07 Å². The third-order valence-electron chi connectivity index (χ3n) is 4.78. The number of esters is 1. The number of alkyl halides is 3. The monoisotopic (exact) mass is 445 g/mol. The molecule has 174 valence electrons. The van der Waals surface area contributed by atoms with Crippen molar-refractivity contribution in [1.82, 2.24) is 10.2 Å². The number of guanidine groups is 1. The molecule has 0 atom stereocenters. The van der Waals surface area contributed by atoms with Gasteiger partial charge in [-0.15, -0.1) is 0 Å². The molecule has 1 N–H and O–H groups in total. The normalized spacial score (nSPS) is 15.5. The number of rotatable bonds is 8. The van der Waals surface area contributed by atoms with Crippen molar-refractivity contribution in [3.05, 3.63) is 23.8 Å². The van der Waals surface area contributed by atoms with Gasteiger partial charge in [0.15, 0.2) is 24.1 Å². The standard InChI is InChI=1S/C21H30F3N3O4/c1-4-25-20(27-10-8-16(9-11-27)19(28)30-5-2)26-13-15-6-7-17(18(12-15)29-3)31-14-21(22,23)24/h6-7,12,16H,4-5,8-11,13-14H2,1-3H3,(H,25,26). The number of ether oxygens (including phenoxy) is 3. The molecule has 0 saturated carbocycles. The zero-order valence-electron chi connectivity index (χ0n) is 18.1. The van der Waals surface area contributed by atoms with Crippen molar-refractivity contribution in [3.8, 4) is 11.5 Å². The molecule has 10 heteroatoms. The molecule has 0 spiro atoms. The second-order valence-electron chi connectivity index (χ2n) is 7.07. The van der Waals surface area contributed by atoms with E-state index in [-0.39, 0.29) is 23.4 Å². The first-order valence-electron chi connectivity index (χ1n) is 10.3. The van der Waals surface area contributed by atoms with Crippen LogP contribution in [0.25, 0.3) is 0 Å². The maximum atomic E-state index is 12.4. The van der Waals surface area contributed by atoms with E-state index in [1.165, 1.54) is 13.2 Å². The van der Waals surface area contributed by atoms with Gasteiger partial charge in [0.1, 0.15) is 0 Å². The minimum absolute atomic E-state index is 0.0282. The van der Waals surface area contributed by atoms with Gasteiger partial charge in [-0.25, -0.2) is 4.99 Å². The van der Waals surface area contributed by atoms with Gasteiger partial charge < -0.3 is 24.4 Å². The summed E-state index contributed by atoms with van der Waals surface area (Å²) in [5, 5.41) is 3.25. The molecule has 1 aromatic carbocycles. The summed E-state index contributed by atoms with van der Waals surface area (Å²) in [4.78, 5) is 18.7. The van der Waals surface area contributed by atoms with Crippen molar-refractivity contribution in [2.75, 3.05) is 40.0 Å². The minimum atomic E-state index is -4.42. The Hall–Kier alpha value is -2.65. The Bertz CT molecular complexity index is 748. The van der Waals surface area contributed by atoms with Crippen LogP contribution in [-0.2, 0) is 16.1 Å². The van der Waals surface area contributed by atoms with Gasteiger partial charge >= 0.3 is 12.1 Å². The molecule has 2 rings (SSSR count). The number of hydrogen-bond donors (Lipinski definition) is 1. The Morgan fingerprint density at radius 2 is 1.94 bits per heavy atom. The summed E-state index contributed by atoms with van der Waals surface area (Å²) in [6, 6.07) is 4.73. The van der Waals surface area contributed by atoms with Crippen LogP contribution in [0.15, 0.2) is 23.2 Å². The summed E-state index contributed by atoms with van der Waals surface area (Å²) in [5.74, 6) is 0.732. The summed E-state index contributed by atoms with van der Waals surface area (Å²) in [5.41, 5.74) is 0.771. The van der Waals surface area contributed by atoms with Crippen LogP contribution in [0.1, 0.15) is 32.3 Å². The van der Waals surface area contributed by atoms with Gasteiger partial charge in [-0.05, 0) is 44.4 Å². The van der Waals surface area contributed by atoms with Gasteiger partial charge in [-0.3, -0.25) is 4.79 Å². The highest BCUT2D eigenvalue weighted by Gasteiger charge is 2.29. The molecule has 0 unspecified atom stereocenters. The summed E-state index contributed by atoms with van der Waals surface area (Å²) in [6.07, 6.45) is -3.03. The Kier molecular flexibility index (Phi) is 9.26. The van der Waals surface area contributed by atoms with E-state index in [1.54, 1.807) is 19.1 Å². The highest BCUT2D eigenvalue weighted by atomic mass is 19.4. The van der Waals surface area contributed by atoms with Crippen LogP contribution in [0.3, 0.4) is 0 Å². The summed E-state index contributed by atoms with van der Waals surface area (Å²) in [7, 11) is 1.38. The third-order valence-corrected chi connectivity index (χ3v) is 4.78. The van der Waals surface area contributed by atoms with E-state index >= 15 is 0 Å². The highest BCUT2D eigenvalue weighted by Crippen LogP contribution is 2.30. The maximum absolute atomic E-state index is 12.4. The van der Waals surface area contributed by atoms with E-state index in [9.17, 15) is 18.0 Å². The molecule has 0 bridgehead atoms. The largest absolute Gasteiger partial charge is 0.493 e. The van der Waals surface area contributed by atoms with Crippen molar-refractivity contribution < 1.29 is 32.2 Å². The lowest BCUT2D eigenvalue weighted by atomic mass is 9.97. The predicted molar refractivity (Wildman–Crippen MR) is 110 cm³/mol. The molecular formula is C21H30F3N3O4. The Morgan fingerprint density at radius 3 is 2.52 bits per heavy atom. The molecular weight excluding hydrogens is 415 g/mol. The van der Waals surface area contributed by atoms with E-state index < -0.39 is 12.8 Å². The molecule has 1 aliphatic heterocycles. The lowest BCUT2D eigenvalue weighted by Crippen LogP contribution is -2.46. The SMILES string of the molecule is CCNC(=NCc1ccc(OCC(F)(F)F)c(OC)c1)N1CCC(C(=O)OCC)CC1. The van der Waals surface area contributed by atoms with Gasteiger partial charge in [0.2, 0.25) is 0 Å². The number of nitrogens with one attached hydrogen (secondary N) is 1. The van der Waals surface area contributed by atoms with Crippen molar-refractivity contribution in [3.63, 3.8) is 0 Å². The molecule has 1 aliphatic rings. The van der Waals surface area contributed by atoms with Crippen LogP contribution in [0.4, 0.5) is 13.2 Å². The molecule has 7 nitrogen and oxygen atoms in total. The van der Waals surface area contributed by atoms with Crippen LogP contribution in [0.5, 0.6) is 11.5 Å². The van der Waals surface area contributed by atoms with E-state index in [2.05, 4.69) is 15.2 Å². The number of aliphatic imine (C=N–C) groups is 1. The summed E-state index contributed by atoms with van der Waals surface area (Å²) < 4.78 is 52.3. The Morgan fingerprint density at radius 1 is 1.23 bits per heavy atom. The lowest BCUT2D eigenvalue weighted by Gasteiger charge is -2.33. The molecule has 1 fully saturated rings. The number of carbonyl (C=O) groups excluding carboxylic acids is 1. The summed E-state index contributed by atoms with van der Waals surface area (Å²) >= 11 is 0. The zero-order chi connectivity index (χ0) is 22.9. The predicted octanol–water partition coefficient (Wildman–Crippen LogP) is 3.38. The molecule has 1 saturated heterocycles. The molecule has 0 amide bonds. The van der Waals surface area contributed by atoms with Gasteiger partial charge in [0, 0.05) is 19.6 Å². The molecule has 0 aliphatic carbocycles. The second-order valence-corrected chi connectivity index (χ2v) is 7.07.